The van der Waals surface area contributed by atoms with Crippen LogP contribution in [0.4, 0.5) is 0 Å². The van der Waals surface area contributed by atoms with Gasteiger partial charge < -0.3 is 15.4 Å². The monoisotopic (exact) mass is 360 g/mol. The van der Waals surface area contributed by atoms with Gasteiger partial charge >= 0.3 is 0 Å². The molecule has 1 amide bonds. The van der Waals surface area contributed by atoms with Gasteiger partial charge in [-0.15, -0.1) is 12.4 Å². The summed E-state index contributed by atoms with van der Waals surface area (Å²) in [5.41, 5.74) is 8.21. The molecule has 5 heteroatoms. The van der Waals surface area contributed by atoms with E-state index in [-0.39, 0.29) is 31.0 Å². The fourth-order valence-corrected chi connectivity index (χ4v) is 2.99. The number of carbonyl (C=O) groups excluding carboxylic acids is 1. The number of benzene rings is 2. The molecule has 2 aromatic rings. The Labute approximate surface area is 155 Å². The highest BCUT2D eigenvalue weighted by molar-refractivity contribution is 5.85. The summed E-state index contributed by atoms with van der Waals surface area (Å²) in [4.78, 5) is 14.2. The van der Waals surface area contributed by atoms with Gasteiger partial charge in [0, 0.05) is 25.6 Å². The zero-order valence-corrected chi connectivity index (χ0v) is 15.1. The van der Waals surface area contributed by atoms with Crippen molar-refractivity contribution in [3.8, 4) is 5.75 Å². The molecule has 0 aliphatic carbocycles. The van der Waals surface area contributed by atoms with Crippen LogP contribution in [0.2, 0.25) is 0 Å². The van der Waals surface area contributed by atoms with Crippen LogP contribution < -0.4 is 10.5 Å². The van der Waals surface area contributed by atoms with E-state index >= 15 is 0 Å². The smallest absolute Gasteiger partial charge is 0.260 e. The first-order chi connectivity index (χ1) is 11.7. The van der Waals surface area contributed by atoms with E-state index in [9.17, 15) is 4.79 Å². The van der Waals surface area contributed by atoms with Crippen LogP contribution in [-0.2, 0) is 11.2 Å². The van der Waals surface area contributed by atoms with Crippen molar-refractivity contribution >= 4 is 18.3 Å². The maximum atomic E-state index is 12.3. The molecule has 1 fully saturated rings. The summed E-state index contributed by atoms with van der Waals surface area (Å²) in [6.07, 6.45) is 2.54. The van der Waals surface area contributed by atoms with Crippen molar-refractivity contribution in [2.45, 2.75) is 25.3 Å². The maximum Gasteiger partial charge on any atom is 0.260 e. The third kappa shape index (κ3) is 5.48. The molecule has 4 nitrogen and oxygen atoms in total. The summed E-state index contributed by atoms with van der Waals surface area (Å²) >= 11 is 0. The van der Waals surface area contributed by atoms with E-state index < -0.39 is 0 Å². The second-order valence-electron chi connectivity index (χ2n) is 6.28. The minimum atomic E-state index is 0. The van der Waals surface area contributed by atoms with Crippen molar-refractivity contribution < 1.29 is 9.53 Å². The van der Waals surface area contributed by atoms with Gasteiger partial charge in [-0.1, -0.05) is 48.5 Å². The van der Waals surface area contributed by atoms with E-state index in [2.05, 4.69) is 12.1 Å². The molecule has 0 aromatic heterocycles. The minimum absolute atomic E-state index is 0. The van der Waals surface area contributed by atoms with Crippen LogP contribution in [0.1, 0.15) is 24.0 Å². The molecule has 0 bridgehead atoms. The normalized spacial score (nSPS) is 14.7. The van der Waals surface area contributed by atoms with Crippen LogP contribution in [0.25, 0.3) is 0 Å². The third-order valence-corrected chi connectivity index (χ3v) is 4.45. The van der Waals surface area contributed by atoms with Gasteiger partial charge in [0.25, 0.3) is 5.91 Å². The summed E-state index contributed by atoms with van der Waals surface area (Å²) < 4.78 is 5.83. The predicted octanol–water partition coefficient (Wildman–Crippen LogP) is 3.03. The van der Waals surface area contributed by atoms with Crippen molar-refractivity contribution in [2.24, 2.45) is 5.73 Å². The standard InChI is InChI=1S/C20H24N2O2.ClH/c21-18-10-12-22(13-11-18)20(23)15-24-19-9-5-4-8-17(19)14-16-6-2-1-3-7-16;/h1-9,18H,10-15,21H2;1H. The Hall–Kier alpha value is -2.04. The van der Waals surface area contributed by atoms with Gasteiger partial charge in [0.2, 0.25) is 0 Å². The summed E-state index contributed by atoms with van der Waals surface area (Å²) in [6.45, 7) is 1.55. The van der Waals surface area contributed by atoms with E-state index in [1.165, 1.54) is 5.56 Å². The molecule has 0 unspecified atom stereocenters. The number of likely N-dealkylation sites (tertiary alicyclic amines) is 1. The van der Waals surface area contributed by atoms with Gasteiger partial charge in [-0.05, 0) is 30.0 Å². The molecule has 2 N–H and O–H groups in total. The molecular formula is C20H25ClN2O2. The van der Waals surface area contributed by atoms with Crippen LogP contribution in [0.5, 0.6) is 5.75 Å². The summed E-state index contributed by atoms with van der Waals surface area (Å²) in [5.74, 6) is 0.819. The average molecular weight is 361 g/mol. The lowest BCUT2D eigenvalue weighted by Crippen LogP contribution is -2.44. The Morgan fingerprint density at radius 2 is 1.68 bits per heavy atom. The maximum absolute atomic E-state index is 12.3. The topological polar surface area (TPSA) is 55.6 Å². The molecule has 0 saturated carbocycles. The fourth-order valence-electron chi connectivity index (χ4n) is 2.99. The number of carbonyl (C=O) groups is 1. The van der Waals surface area contributed by atoms with Gasteiger partial charge in [-0.25, -0.2) is 0 Å². The Kier molecular flexibility index (Phi) is 7.29. The minimum Gasteiger partial charge on any atom is -0.483 e. The first kappa shape index (κ1) is 19.3. The first-order valence-corrected chi connectivity index (χ1v) is 8.50. The average Bonchev–Trinajstić information content (AvgIpc) is 2.62. The molecule has 1 heterocycles. The lowest BCUT2D eigenvalue weighted by atomic mass is 10.0. The largest absolute Gasteiger partial charge is 0.483 e. The van der Waals surface area contributed by atoms with Crippen LogP contribution in [-0.4, -0.2) is 36.5 Å². The van der Waals surface area contributed by atoms with E-state index in [1.54, 1.807) is 0 Å². The molecule has 1 aliphatic rings. The number of rotatable bonds is 5. The quantitative estimate of drug-likeness (QED) is 0.891. The molecule has 1 saturated heterocycles. The van der Waals surface area contributed by atoms with Crippen molar-refractivity contribution in [2.75, 3.05) is 19.7 Å². The number of hydrogen-bond acceptors (Lipinski definition) is 3. The zero-order valence-electron chi connectivity index (χ0n) is 14.3. The van der Waals surface area contributed by atoms with Gasteiger partial charge in [-0.2, -0.15) is 0 Å². The Balaban J connectivity index is 0.00000225. The lowest BCUT2D eigenvalue weighted by Gasteiger charge is -2.30. The lowest BCUT2D eigenvalue weighted by molar-refractivity contribution is -0.134. The SMILES string of the molecule is Cl.NC1CCN(C(=O)COc2ccccc2Cc2ccccc2)CC1. The second-order valence-corrected chi connectivity index (χ2v) is 6.28. The number of amides is 1. The Bertz CT molecular complexity index is 670. The predicted molar refractivity (Wildman–Crippen MR) is 102 cm³/mol. The van der Waals surface area contributed by atoms with Crippen LogP contribution in [0.15, 0.2) is 54.6 Å². The number of nitrogens with zero attached hydrogens (tertiary/aromatic N) is 1. The zero-order chi connectivity index (χ0) is 16.8. The molecule has 2 aromatic carbocycles. The number of piperidine rings is 1. The van der Waals surface area contributed by atoms with Crippen molar-refractivity contribution in [1.82, 2.24) is 4.90 Å². The number of para-hydroxylation sites is 1. The van der Waals surface area contributed by atoms with Crippen molar-refractivity contribution in [3.63, 3.8) is 0 Å². The Morgan fingerprint density at radius 1 is 1.04 bits per heavy atom. The molecule has 3 rings (SSSR count). The van der Waals surface area contributed by atoms with Gasteiger partial charge in [0.1, 0.15) is 5.75 Å². The molecule has 0 spiro atoms. The van der Waals surface area contributed by atoms with E-state index in [0.29, 0.717) is 0 Å². The van der Waals surface area contributed by atoms with Crippen LogP contribution in [0, 0.1) is 0 Å². The van der Waals surface area contributed by atoms with Crippen LogP contribution in [0.3, 0.4) is 0 Å². The number of halogens is 1. The summed E-state index contributed by atoms with van der Waals surface area (Å²) in [7, 11) is 0. The van der Waals surface area contributed by atoms with E-state index in [0.717, 1.165) is 43.7 Å². The van der Waals surface area contributed by atoms with E-state index in [1.807, 2.05) is 47.4 Å². The number of ether oxygens (including phenoxy) is 1. The molecule has 0 atom stereocenters. The molecule has 25 heavy (non-hydrogen) atoms. The van der Waals surface area contributed by atoms with E-state index in [4.69, 9.17) is 10.5 Å². The van der Waals surface area contributed by atoms with Gasteiger partial charge in [-0.3, -0.25) is 4.79 Å². The summed E-state index contributed by atoms with van der Waals surface area (Å²) in [5, 5.41) is 0. The highest BCUT2D eigenvalue weighted by Crippen LogP contribution is 2.21. The first-order valence-electron chi connectivity index (χ1n) is 8.50. The molecule has 1 aliphatic heterocycles. The van der Waals surface area contributed by atoms with Gasteiger partial charge in [0.05, 0.1) is 0 Å². The molecular weight excluding hydrogens is 336 g/mol. The fraction of sp³-hybridized carbons (Fsp3) is 0.350. The number of hydrogen-bond donors (Lipinski definition) is 1. The molecule has 0 radical (unpaired) electrons. The van der Waals surface area contributed by atoms with Crippen molar-refractivity contribution in [1.29, 1.82) is 0 Å². The van der Waals surface area contributed by atoms with Crippen LogP contribution >= 0.6 is 12.4 Å². The van der Waals surface area contributed by atoms with Gasteiger partial charge in [0.15, 0.2) is 6.61 Å². The van der Waals surface area contributed by atoms with Crippen molar-refractivity contribution in [3.05, 3.63) is 65.7 Å². The summed E-state index contributed by atoms with van der Waals surface area (Å²) in [6, 6.07) is 18.4. The highest BCUT2D eigenvalue weighted by atomic mass is 35.5. The Morgan fingerprint density at radius 3 is 2.40 bits per heavy atom. The molecule has 134 valence electrons. The second kappa shape index (κ2) is 9.44. The highest BCUT2D eigenvalue weighted by Gasteiger charge is 2.21. The third-order valence-electron chi connectivity index (χ3n) is 4.45. The number of nitrogens with two attached hydrogens (primary N) is 1.